The summed E-state index contributed by atoms with van der Waals surface area (Å²) < 4.78 is 34.5. The minimum atomic E-state index is -5.10. The van der Waals surface area contributed by atoms with Crippen LogP contribution in [0.15, 0.2) is 0 Å². The number of rotatable bonds is 1. The highest BCUT2D eigenvalue weighted by Gasteiger charge is 2.55. The van der Waals surface area contributed by atoms with Gasteiger partial charge in [0.1, 0.15) is 0 Å². The Morgan fingerprint density at radius 1 is 1.30 bits per heavy atom. The quantitative estimate of drug-likeness (QED) is 0.455. The normalized spacial score (nSPS) is 17.1. The van der Waals surface area contributed by atoms with Crippen molar-refractivity contribution >= 4 is 0 Å². The lowest BCUT2D eigenvalue weighted by molar-refractivity contribution is -0.354. The second-order valence-corrected chi connectivity index (χ2v) is 2.01. The first kappa shape index (κ1) is 9.67. The maximum Gasteiger partial charge on any atom is 0.444 e. The van der Waals surface area contributed by atoms with Crippen molar-refractivity contribution in [2.75, 3.05) is 0 Å². The topological polar surface area (TPSA) is 66.5 Å². The lowest BCUT2D eigenvalue weighted by atomic mass is 10.1. The number of hydrogen-bond donors (Lipinski definition) is 3. The summed E-state index contributed by atoms with van der Waals surface area (Å²) in [6.45, 7) is 0.855. The van der Waals surface area contributed by atoms with Gasteiger partial charge in [-0.1, -0.05) is 0 Å². The Morgan fingerprint density at radius 2 is 1.60 bits per heavy atom. The average Bonchev–Trinajstić information content (AvgIpc) is 1.62. The van der Waals surface area contributed by atoms with Gasteiger partial charge in [0.05, 0.1) is 6.04 Å². The van der Waals surface area contributed by atoms with Gasteiger partial charge < -0.3 is 15.9 Å². The van der Waals surface area contributed by atoms with Crippen molar-refractivity contribution in [3.8, 4) is 0 Å². The van der Waals surface area contributed by atoms with E-state index in [4.69, 9.17) is 10.2 Å². The van der Waals surface area contributed by atoms with E-state index in [2.05, 4.69) is 5.73 Å². The molecule has 0 aromatic carbocycles. The van der Waals surface area contributed by atoms with Gasteiger partial charge in [-0.3, -0.25) is 0 Å². The number of alkyl halides is 3. The van der Waals surface area contributed by atoms with Crippen molar-refractivity contribution < 1.29 is 23.4 Å². The molecule has 0 radical (unpaired) electrons. The molecule has 6 heteroatoms. The average molecular weight is 159 g/mol. The summed E-state index contributed by atoms with van der Waals surface area (Å²) in [6, 6.07) is -1.76. The predicted octanol–water partition coefficient (Wildman–Crippen LogP) is -0.423. The monoisotopic (exact) mass is 159 g/mol. The van der Waals surface area contributed by atoms with E-state index >= 15 is 0 Å². The van der Waals surface area contributed by atoms with Crippen molar-refractivity contribution in [2.45, 2.75) is 24.9 Å². The maximum atomic E-state index is 11.5. The van der Waals surface area contributed by atoms with E-state index < -0.39 is 18.0 Å². The van der Waals surface area contributed by atoms with E-state index in [0.29, 0.717) is 0 Å². The van der Waals surface area contributed by atoms with E-state index in [1.165, 1.54) is 0 Å². The van der Waals surface area contributed by atoms with Crippen LogP contribution in [-0.2, 0) is 0 Å². The van der Waals surface area contributed by atoms with Gasteiger partial charge in [-0.15, -0.1) is 0 Å². The fourth-order valence-corrected chi connectivity index (χ4v) is 0.258. The Labute approximate surface area is 55.3 Å². The number of hydrogen-bond acceptors (Lipinski definition) is 3. The van der Waals surface area contributed by atoms with Crippen LogP contribution < -0.4 is 5.73 Å². The Bertz CT molecular complexity index is 120. The lowest BCUT2D eigenvalue weighted by Crippen LogP contribution is -2.56. The first-order valence-electron chi connectivity index (χ1n) is 2.46. The molecular formula is C4H8F3NO2. The van der Waals surface area contributed by atoms with Gasteiger partial charge in [0.15, 0.2) is 0 Å². The van der Waals surface area contributed by atoms with Crippen LogP contribution in [0.3, 0.4) is 0 Å². The Hall–Kier alpha value is -0.330. The largest absolute Gasteiger partial charge is 0.444 e. The highest BCUT2D eigenvalue weighted by molar-refractivity contribution is 4.82. The van der Waals surface area contributed by atoms with Crippen LogP contribution in [0, 0.1) is 0 Å². The Balaban J connectivity index is 4.40. The molecule has 0 saturated heterocycles. The van der Waals surface area contributed by atoms with Crippen LogP contribution in [0.1, 0.15) is 6.92 Å². The predicted molar refractivity (Wildman–Crippen MR) is 26.9 cm³/mol. The van der Waals surface area contributed by atoms with Crippen LogP contribution in [0.5, 0.6) is 0 Å². The van der Waals surface area contributed by atoms with E-state index in [9.17, 15) is 13.2 Å². The fraction of sp³-hybridized carbons (Fsp3) is 1.00. The maximum absolute atomic E-state index is 11.5. The minimum absolute atomic E-state index is 0.855. The van der Waals surface area contributed by atoms with Crippen LogP contribution in [0.2, 0.25) is 0 Å². The third-order valence-corrected chi connectivity index (χ3v) is 1.05. The second-order valence-electron chi connectivity index (χ2n) is 2.01. The van der Waals surface area contributed by atoms with Crippen LogP contribution >= 0.6 is 0 Å². The SMILES string of the molecule is C[C@H](N)C(O)(O)C(F)(F)F. The van der Waals surface area contributed by atoms with E-state index in [0.717, 1.165) is 6.92 Å². The fourth-order valence-electron chi connectivity index (χ4n) is 0.258. The molecule has 62 valence electrons. The van der Waals surface area contributed by atoms with E-state index in [1.807, 2.05) is 0 Å². The molecule has 0 unspecified atom stereocenters. The van der Waals surface area contributed by atoms with Gasteiger partial charge in [-0.05, 0) is 6.92 Å². The summed E-state index contributed by atoms with van der Waals surface area (Å²) in [5, 5.41) is 16.5. The Kier molecular flexibility index (Phi) is 2.29. The molecule has 0 aromatic rings. The standard InChI is InChI=1S/C4H8F3NO2/c1-2(8)3(9,10)4(5,6)7/h2,9-10H,8H2,1H3/t2-/m0/s1. The second kappa shape index (κ2) is 2.37. The van der Waals surface area contributed by atoms with Gasteiger partial charge in [-0.25, -0.2) is 0 Å². The molecular weight excluding hydrogens is 151 g/mol. The summed E-state index contributed by atoms with van der Waals surface area (Å²) in [4.78, 5) is 0. The molecule has 0 aliphatic carbocycles. The molecule has 0 saturated carbocycles. The summed E-state index contributed by atoms with van der Waals surface area (Å²) in [5.41, 5.74) is 4.64. The molecule has 0 spiro atoms. The molecule has 0 aromatic heterocycles. The summed E-state index contributed by atoms with van der Waals surface area (Å²) in [6.07, 6.45) is -5.10. The molecule has 0 amide bonds. The lowest BCUT2D eigenvalue weighted by Gasteiger charge is -2.27. The summed E-state index contributed by atoms with van der Waals surface area (Å²) in [5.74, 6) is -3.78. The highest BCUT2D eigenvalue weighted by atomic mass is 19.4. The first-order valence-corrected chi connectivity index (χ1v) is 2.46. The van der Waals surface area contributed by atoms with Crippen LogP contribution in [-0.4, -0.2) is 28.2 Å². The zero-order valence-corrected chi connectivity index (χ0v) is 5.18. The third-order valence-electron chi connectivity index (χ3n) is 1.05. The Morgan fingerprint density at radius 3 is 1.60 bits per heavy atom. The molecule has 1 atom stereocenters. The van der Waals surface area contributed by atoms with Gasteiger partial charge in [0.2, 0.25) is 0 Å². The van der Waals surface area contributed by atoms with E-state index in [1.54, 1.807) is 0 Å². The summed E-state index contributed by atoms with van der Waals surface area (Å²) >= 11 is 0. The van der Waals surface area contributed by atoms with E-state index in [-0.39, 0.29) is 0 Å². The van der Waals surface area contributed by atoms with Crippen LogP contribution in [0.25, 0.3) is 0 Å². The number of nitrogens with two attached hydrogens (primary N) is 1. The van der Waals surface area contributed by atoms with Crippen molar-refractivity contribution in [3.63, 3.8) is 0 Å². The van der Waals surface area contributed by atoms with Crippen molar-refractivity contribution in [1.29, 1.82) is 0 Å². The van der Waals surface area contributed by atoms with Crippen molar-refractivity contribution in [2.24, 2.45) is 5.73 Å². The molecule has 0 aliphatic rings. The van der Waals surface area contributed by atoms with Gasteiger partial charge in [0, 0.05) is 0 Å². The molecule has 0 rings (SSSR count). The molecule has 4 N–H and O–H groups in total. The minimum Gasteiger partial charge on any atom is -0.357 e. The highest BCUT2D eigenvalue weighted by Crippen LogP contribution is 2.29. The van der Waals surface area contributed by atoms with Gasteiger partial charge in [0.25, 0.3) is 5.79 Å². The first-order chi connectivity index (χ1) is 4.19. The van der Waals surface area contributed by atoms with Crippen molar-refractivity contribution in [1.82, 2.24) is 0 Å². The molecule has 10 heavy (non-hydrogen) atoms. The van der Waals surface area contributed by atoms with Gasteiger partial charge in [-0.2, -0.15) is 13.2 Å². The number of halogens is 3. The zero-order chi connectivity index (χ0) is 8.58. The molecule has 0 heterocycles. The molecule has 3 nitrogen and oxygen atoms in total. The summed E-state index contributed by atoms with van der Waals surface area (Å²) in [7, 11) is 0. The molecule has 0 fully saturated rings. The molecule has 0 aliphatic heterocycles. The van der Waals surface area contributed by atoms with Crippen molar-refractivity contribution in [3.05, 3.63) is 0 Å². The molecule has 0 bridgehead atoms. The number of aliphatic hydroxyl groups is 2. The smallest absolute Gasteiger partial charge is 0.357 e. The van der Waals surface area contributed by atoms with Gasteiger partial charge >= 0.3 is 6.18 Å². The zero-order valence-electron chi connectivity index (χ0n) is 5.18. The van der Waals surface area contributed by atoms with Crippen LogP contribution in [0.4, 0.5) is 13.2 Å². The third kappa shape index (κ3) is 1.59.